The lowest BCUT2D eigenvalue weighted by atomic mass is 10.0. The van der Waals surface area contributed by atoms with Crippen LogP contribution in [0.25, 0.3) is 0 Å². The largest absolute Gasteiger partial charge is 0.452 e. The van der Waals surface area contributed by atoms with Crippen molar-refractivity contribution in [3.63, 3.8) is 0 Å². The SMILES string of the molecule is CCCNC(=O)CNC(=O)COC(=O)c1ccc(CC(C)C)cc1. The monoisotopic (exact) mass is 334 g/mol. The van der Waals surface area contributed by atoms with Crippen LogP contribution in [0.15, 0.2) is 24.3 Å². The van der Waals surface area contributed by atoms with Crippen LogP contribution in [0.2, 0.25) is 0 Å². The van der Waals surface area contributed by atoms with E-state index in [0.717, 1.165) is 18.4 Å². The number of nitrogens with one attached hydrogen (secondary N) is 2. The van der Waals surface area contributed by atoms with Crippen molar-refractivity contribution in [3.8, 4) is 0 Å². The van der Waals surface area contributed by atoms with Crippen molar-refractivity contribution in [3.05, 3.63) is 35.4 Å². The van der Waals surface area contributed by atoms with E-state index in [9.17, 15) is 14.4 Å². The van der Waals surface area contributed by atoms with Crippen LogP contribution in [0.4, 0.5) is 0 Å². The molecule has 0 unspecified atom stereocenters. The Labute approximate surface area is 143 Å². The minimum Gasteiger partial charge on any atom is -0.452 e. The van der Waals surface area contributed by atoms with Gasteiger partial charge in [0.05, 0.1) is 12.1 Å². The molecule has 2 N–H and O–H groups in total. The van der Waals surface area contributed by atoms with Crippen LogP contribution in [-0.2, 0) is 20.7 Å². The fourth-order valence-corrected chi connectivity index (χ4v) is 2.02. The van der Waals surface area contributed by atoms with E-state index in [1.807, 2.05) is 19.1 Å². The maximum atomic E-state index is 11.9. The molecule has 0 heterocycles. The number of hydrogen-bond acceptors (Lipinski definition) is 4. The van der Waals surface area contributed by atoms with Gasteiger partial charge in [-0.3, -0.25) is 9.59 Å². The molecule has 0 aliphatic carbocycles. The minimum atomic E-state index is -0.559. The number of esters is 1. The topological polar surface area (TPSA) is 84.5 Å². The Morgan fingerprint density at radius 1 is 1.04 bits per heavy atom. The molecule has 0 aliphatic heterocycles. The predicted molar refractivity (Wildman–Crippen MR) is 91.6 cm³/mol. The number of carbonyl (C=O) groups excluding carboxylic acids is 3. The Hall–Kier alpha value is -2.37. The Bertz CT molecular complexity index is 553. The third kappa shape index (κ3) is 7.76. The standard InChI is InChI=1S/C18H26N2O4/c1-4-9-19-16(21)11-20-17(22)12-24-18(23)15-7-5-14(6-8-15)10-13(2)3/h5-8,13H,4,9-12H2,1-3H3,(H,19,21)(H,20,22). The van der Waals surface area contributed by atoms with Crippen molar-refractivity contribution in [1.82, 2.24) is 10.6 Å². The molecule has 0 radical (unpaired) electrons. The van der Waals surface area contributed by atoms with E-state index < -0.39 is 18.5 Å². The summed E-state index contributed by atoms with van der Waals surface area (Å²) in [5.41, 5.74) is 1.55. The fourth-order valence-electron chi connectivity index (χ4n) is 2.02. The van der Waals surface area contributed by atoms with E-state index in [4.69, 9.17) is 4.74 Å². The zero-order chi connectivity index (χ0) is 17.9. The summed E-state index contributed by atoms with van der Waals surface area (Å²) in [4.78, 5) is 34.8. The number of carbonyl (C=O) groups is 3. The molecule has 1 rings (SSSR count). The summed E-state index contributed by atoms with van der Waals surface area (Å²) in [5.74, 6) is -0.790. The maximum absolute atomic E-state index is 11.9. The van der Waals surface area contributed by atoms with Gasteiger partial charge in [0.2, 0.25) is 5.91 Å². The molecule has 2 amide bonds. The van der Waals surface area contributed by atoms with Crippen molar-refractivity contribution in [2.24, 2.45) is 5.92 Å². The summed E-state index contributed by atoms with van der Waals surface area (Å²) >= 11 is 0. The van der Waals surface area contributed by atoms with Gasteiger partial charge >= 0.3 is 5.97 Å². The van der Waals surface area contributed by atoms with E-state index in [-0.39, 0.29) is 12.5 Å². The molecule has 132 valence electrons. The van der Waals surface area contributed by atoms with Crippen molar-refractivity contribution in [2.45, 2.75) is 33.6 Å². The maximum Gasteiger partial charge on any atom is 0.338 e. The Morgan fingerprint density at radius 2 is 1.71 bits per heavy atom. The van der Waals surface area contributed by atoms with E-state index in [1.165, 1.54) is 0 Å². The molecular weight excluding hydrogens is 308 g/mol. The first kappa shape index (κ1) is 19.7. The van der Waals surface area contributed by atoms with Gasteiger partial charge < -0.3 is 15.4 Å². The number of hydrogen-bond donors (Lipinski definition) is 2. The van der Waals surface area contributed by atoms with E-state index >= 15 is 0 Å². The summed E-state index contributed by atoms with van der Waals surface area (Å²) in [7, 11) is 0. The average Bonchev–Trinajstić information content (AvgIpc) is 2.56. The van der Waals surface area contributed by atoms with Gasteiger partial charge in [0.25, 0.3) is 5.91 Å². The number of amides is 2. The summed E-state index contributed by atoms with van der Waals surface area (Å²) < 4.78 is 4.94. The van der Waals surface area contributed by atoms with Gasteiger partial charge in [-0.2, -0.15) is 0 Å². The first-order valence-corrected chi connectivity index (χ1v) is 8.21. The van der Waals surface area contributed by atoms with E-state index in [1.54, 1.807) is 12.1 Å². The van der Waals surface area contributed by atoms with Gasteiger partial charge in [-0.25, -0.2) is 4.79 Å². The van der Waals surface area contributed by atoms with Gasteiger partial charge in [-0.1, -0.05) is 32.9 Å². The van der Waals surface area contributed by atoms with Crippen LogP contribution in [0.5, 0.6) is 0 Å². The number of benzene rings is 1. The fraction of sp³-hybridized carbons (Fsp3) is 0.500. The highest BCUT2D eigenvalue weighted by atomic mass is 16.5. The van der Waals surface area contributed by atoms with Gasteiger partial charge in [-0.15, -0.1) is 0 Å². The smallest absolute Gasteiger partial charge is 0.338 e. The average molecular weight is 334 g/mol. The van der Waals surface area contributed by atoms with Crippen LogP contribution in [0.1, 0.15) is 43.1 Å². The second kappa shape index (κ2) is 10.4. The summed E-state index contributed by atoms with van der Waals surface area (Å²) in [6.45, 7) is 6.23. The molecule has 1 aromatic rings. The molecule has 24 heavy (non-hydrogen) atoms. The van der Waals surface area contributed by atoms with E-state index in [0.29, 0.717) is 18.0 Å². The quantitative estimate of drug-likeness (QED) is 0.673. The molecule has 0 fully saturated rings. The number of rotatable bonds is 9. The highest BCUT2D eigenvalue weighted by Gasteiger charge is 2.11. The van der Waals surface area contributed by atoms with Gasteiger partial charge in [0.1, 0.15) is 0 Å². The van der Waals surface area contributed by atoms with Crippen molar-refractivity contribution in [2.75, 3.05) is 19.7 Å². The predicted octanol–water partition coefficient (Wildman–Crippen LogP) is 1.68. The minimum absolute atomic E-state index is 0.125. The lowest BCUT2D eigenvalue weighted by Crippen LogP contribution is -2.38. The molecule has 6 nitrogen and oxygen atoms in total. The van der Waals surface area contributed by atoms with Crippen LogP contribution in [0.3, 0.4) is 0 Å². The van der Waals surface area contributed by atoms with Crippen LogP contribution in [-0.4, -0.2) is 37.5 Å². The third-order valence-electron chi connectivity index (χ3n) is 3.19. The highest BCUT2D eigenvalue weighted by Crippen LogP contribution is 2.10. The molecule has 0 saturated heterocycles. The second-order valence-electron chi connectivity index (χ2n) is 6.00. The Kier molecular flexibility index (Phi) is 8.54. The highest BCUT2D eigenvalue weighted by molar-refractivity contribution is 5.92. The van der Waals surface area contributed by atoms with Crippen LogP contribution in [0, 0.1) is 5.92 Å². The van der Waals surface area contributed by atoms with Crippen molar-refractivity contribution >= 4 is 17.8 Å². The molecule has 0 aliphatic rings. The molecule has 0 spiro atoms. The zero-order valence-corrected chi connectivity index (χ0v) is 14.6. The summed E-state index contributed by atoms with van der Waals surface area (Å²) in [6.07, 6.45) is 1.77. The second-order valence-corrected chi connectivity index (χ2v) is 6.00. The first-order chi connectivity index (χ1) is 11.4. The summed E-state index contributed by atoms with van der Waals surface area (Å²) in [6, 6.07) is 7.15. The third-order valence-corrected chi connectivity index (χ3v) is 3.19. The van der Waals surface area contributed by atoms with Gasteiger partial charge in [-0.05, 0) is 36.5 Å². The first-order valence-electron chi connectivity index (χ1n) is 8.21. The summed E-state index contributed by atoms with van der Waals surface area (Å²) in [5, 5.41) is 5.04. The van der Waals surface area contributed by atoms with Gasteiger partial charge in [0.15, 0.2) is 6.61 Å². The van der Waals surface area contributed by atoms with E-state index in [2.05, 4.69) is 24.5 Å². The molecular formula is C18H26N2O4. The molecule has 0 aromatic heterocycles. The Morgan fingerprint density at radius 3 is 2.29 bits per heavy atom. The van der Waals surface area contributed by atoms with Gasteiger partial charge in [0, 0.05) is 6.54 Å². The lowest BCUT2D eigenvalue weighted by molar-refractivity contribution is -0.127. The van der Waals surface area contributed by atoms with Crippen molar-refractivity contribution < 1.29 is 19.1 Å². The van der Waals surface area contributed by atoms with Crippen molar-refractivity contribution in [1.29, 1.82) is 0 Å². The molecule has 1 aromatic carbocycles. The molecule has 0 saturated carbocycles. The molecule has 6 heteroatoms. The lowest BCUT2D eigenvalue weighted by Gasteiger charge is -2.08. The molecule has 0 atom stereocenters. The van der Waals surface area contributed by atoms with Crippen LogP contribution >= 0.6 is 0 Å². The zero-order valence-electron chi connectivity index (χ0n) is 14.6. The number of ether oxygens (including phenoxy) is 1. The normalized spacial score (nSPS) is 10.3. The Balaban J connectivity index is 2.34. The van der Waals surface area contributed by atoms with Crippen LogP contribution < -0.4 is 10.6 Å². The molecule has 0 bridgehead atoms.